The van der Waals surface area contributed by atoms with E-state index in [-0.39, 0.29) is 17.2 Å². The Bertz CT molecular complexity index is 1060. The topological polar surface area (TPSA) is 49.3 Å². The van der Waals surface area contributed by atoms with Crippen LogP contribution >= 0.6 is 0 Å². The number of carbonyl (C=O) groups is 1. The molecule has 0 radical (unpaired) electrons. The third kappa shape index (κ3) is 4.72. The van der Waals surface area contributed by atoms with E-state index in [4.69, 9.17) is 0 Å². The van der Waals surface area contributed by atoms with Crippen molar-refractivity contribution in [2.45, 2.75) is 58.4 Å². The monoisotopic (exact) mass is 429 g/mol. The first-order valence-electron chi connectivity index (χ1n) is 11.2. The maximum Gasteiger partial charge on any atom is 0.246 e. The van der Waals surface area contributed by atoms with Gasteiger partial charge in [-0.05, 0) is 47.9 Å². The lowest BCUT2D eigenvalue weighted by atomic mass is 9.68. The van der Waals surface area contributed by atoms with Gasteiger partial charge in [0, 0.05) is 28.7 Å². The summed E-state index contributed by atoms with van der Waals surface area (Å²) in [5.74, 6) is 0.441. The predicted molar refractivity (Wildman–Crippen MR) is 133 cm³/mol. The molecule has 3 heteroatoms. The molecule has 0 aromatic heterocycles. The van der Waals surface area contributed by atoms with Crippen LogP contribution in [0.1, 0.15) is 63.3 Å². The summed E-state index contributed by atoms with van der Waals surface area (Å²) >= 11 is 0. The molecule has 0 heterocycles. The number of hydrogen-bond donors (Lipinski definition) is 2. The predicted octanol–water partition coefficient (Wildman–Crippen LogP) is 6.32. The van der Waals surface area contributed by atoms with E-state index in [1.54, 1.807) is 6.92 Å². The molecule has 2 N–H and O–H groups in total. The third-order valence-electron chi connectivity index (χ3n) is 6.78. The highest BCUT2D eigenvalue weighted by Crippen LogP contribution is 2.46. The van der Waals surface area contributed by atoms with Crippen LogP contribution in [0.25, 0.3) is 0 Å². The smallest absolute Gasteiger partial charge is 0.246 e. The zero-order valence-corrected chi connectivity index (χ0v) is 19.9. The molecule has 1 atom stereocenters. The Balaban J connectivity index is 2.13. The average molecular weight is 430 g/mol. The second-order valence-corrected chi connectivity index (χ2v) is 9.87. The van der Waals surface area contributed by atoms with Gasteiger partial charge in [-0.2, -0.15) is 0 Å². The molecular formula is C29H35NO2. The molecule has 0 spiro atoms. The second-order valence-electron chi connectivity index (χ2n) is 9.87. The van der Waals surface area contributed by atoms with Gasteiger partial charge in [-0.3, -0.25) is 4.79 Å². The van der Waals surface area contributed by atoms with Crippen molar-refractivity contribution < 1.29 is 9.90 Å². The van der Waals surface area contributed by atoms with E-state index in [1.165, 1.54) is 0 Å². The number of amides is 1. The van der Waals surface area contributed by atoms with E-state index in [0.29, 0.717) is 17.9 Å². The van der Waals surface area contributed by atoms with Crippen LogP contribution in [0.2, 0.25) is 0 Å². The van der Waals surface area contributed by atoms with Crippen LogP contribution in [0.5, 0.6) is 5.75 Å². The molecule has 3 rings (SSSR count). The Morgan fingerprint density at radius 2 is 1.75 bits per heavy atom. The van der Waals surface area contributed by atoms with Gasteiger partial charge in [0.2, 0.25) is 5.91 Å². The van der Waals surface area contributed by atoms with Crippen LogP contribution in [0.3, 0.4) is 0 Å². The number of aromatic hydroxyl groups is 1. The molecule has 2 aromatic carbocycles. The van der Waals surface area contributed by atoms with Gasteiger partial charge in [-0.15, -0.1) is 0 Å². The van der Waals surface area contributed by atoms with Gasteiger partial charge in [-0.25, -0.2) is 0 Å². The SMILES string of the molecule is C=C(C)C(=O)NCc1cc(C(C)(C)c2ccccc2)c(O)c(C(C)(C)C2C=CC=CC2)c1. The van der Waals surface area contributed by atoms with Crippen molar-refractivity contribution in [2.75, 3.05) is 0 Å². The first-order chi connectivity index (χ1) is 15.0. The normalized spacial score (nSPS) is 16.1. The van der Waals surface area contributed by atoms with Crippen LogP contribution in [0.15, 0.2) is 78.9 Å². The summed E-state index contributed by atoms with van der Waals surface area (Å²) in [6.45, 7) is 14.5. The number of benzene rings is 2. The Morgan fingerprint density at radius 3 is 2.34 bits per heavy atom. The molecule has 1 amide bonds. The summed E-state index contributed by atoms with van der Waals surface area (Å²) in [4.78, 5) is 12.1. The number of nitrogens with one attached hydrogen (secondary N) is 1. The van der Waals surface area contributed by atoms with Crippen LogP contribution < -0.4 is 5.32 Å². The van der Waals surface area contributed by atoms with Crippen molar-refractivity contribution in [3.8, 4) is 5.75 Å². The lowest BCUT2D eigenvalue weighted by Crippen LogP contribution is -2.30. The molecule has 0 bridgehead atoms. The molecule has 1 aliphatic carbocycles. The third-order valence-corrected chi connectivity index (χ3v) is 6.78. The molecule has 168 valence electrons. The molecule has 0 aliphatic heterocycles. The van der Waals surface area contributed by atoms with Crippen molar-refractivity contribution in [2.24, 2.45) is 5.92 Å². The van der Waals surface area contributed by atoms with Gasteiger partial charge >= 0.3 is 0 Å². The molecule has 0 saturated heterocycles. The molecule has 3 nitrogen and oxygen atoms in total. The second kappa shape index (κ2) is 9.20. The number of phenols is 1. The summed E-state index contributed by atoms with van der Waals surface area (Å²) in [6.07, 6.45) is 9.47. The van der Waals surface area contributed by atoms with Crippen LogP contribution in [0.4, 0.5) is 0 Å². The van der Waals surface area contributed by atoms with Crippen LogP contribution in [-0.4, -0.2) is 11.0 Å². The van der Waals surface area contributed by atoms with Crippen molar-refractivity contribution in [1.29, 1.82) is 0 Å². The number of allylic oxidation sites excluding steroid dienone is 4. The Hall–Kier alpha value is -3.07. The van der Waals surface area contributed by atoms with Crippen LogP contribution in [-0.2, 0) is 22.2 Å². The number of carbonyl (C=O) groups excluding carboxylic acids is 1. The number of hydrogen-bond acceptors (Lipinski definition) is 2. The lowest BCUT2D eigenvalue weighted by Gasteiger charge is -2.37. The van der Waals surface area contributed by atoms with Crippen molar-refractivity contribution in [1.82, 2.24) is 5.32 Å². The van der Waals surface area contributed by atoms with Gasteiger partial charge in [-0.1, -0.05) is 88.9 Å². The maximum absolute atomic E-state index is 12.1. The molecule has 32 heavy (non-hydrogen) atoms. The fourth-order valence-electron chi connectivity index (χ4n) is 4.42. The average Bonchev–Trinajstić information content (AvgIpc) is 2.78. The van der Waals surface area contributed by atoms with E-state index in [9.17, 15) is 9.90 Å². The van der Waals surface area contributed by atoms with Gasteiger partial charge in [0.1, 0.15) is 5.75 Å². The first kappa shape index (κ1) is 23.6. The summed E-state index contributed by atoms with van der Waals surface area (Å²) < 4.78 is 0. The van der Waals surface area contributed by atoms with Gasteiger partial charge in [0.15, 0.2) is 0 Å². The largest absolute Gasteiger partial charge is 0.507 e. The summed E-state index contributed by atoms with van der Waals surface area (Å²) in [5, 5.41) is 14.5. The minimum absolute atomic E-state index is 0.164. The van der Waals surface area contributed by atoms with E-state index >= 15 is 0 Å². The Morgan fingerprint density at radius 1 is 1.09 bits per heavy atom. The van der Waals surface area contributed by atoms with Gasteiger partial charge in [0.05, 0.1) is 0 Å². The highest BCUT2D eigenvalue weighted by atomic mass is 16.3. The summed E-state index contributed by atoms with van der Waals surface area (Å²) in [6, 6.07) is 14.3. The molecule has 0 saturated carbocycles. The Kier molecular flexibility index (Phi) is 6.78. The minimum atomic E-state index is -0.410. The highest BCUT2D eigenvalue weighted by Gasteiger charge is 2.36. The zero-order chi connectivity index (χ0) is 23.5. The molecule has 1 unspecified atom stereocenters. The summed E-state index contributed by atoms with van der Waals surface area (Å²) in [7, 11) is 0. The fraction of sp³-hybridized carbons (Fsp3) is 0.345. The number of rotatable bonds is 7. The minimum Gasteiger partial charge on any atom is -0.507 e. The Labute approximate surface area is 192 Å². The van der Waals surface area contributed by atoms with E-state index in [2.05, 4.69) is 76.0 Å². The quantitative estimate of drug-likeness (QED) is 0.506. The number of phenolic OH excluding ortho intramolecular Hbond substituents is 1. The zero-order valence-electron chi connectivity index (χ0n) is 19.9. The van der Waals surface area contributed by atoms with E-state index < -0.39 is 5.41 Å². The summed E-state index contributed by atoms with van der Waals surface area (Å²) in [5.41, 5.74) is 3.65. The maximum atomic E-state index is 12.1. The van der Waals surface area contributed by atoms with E-state index in [1.807, 2.05) is 30.3 Å². The fourth-order valence-corrected chi connectivity index (χ4v) is 4.42. The highest BCUT2D eigenvalue weighted by molar-refractivity contribution is 5.92. The van der Waals surface area contributed by atoms with Crippen LogP contribution in [0, 0.1) is 5.92 Å². The molecular weight excluding hydrogens is 394 g/mol. The van der Waals surface area contributed by atoms with Gasteiger partial charge in [0.25, 0.3) is 0 Å². The first-order valence-corrected chi connectivity index (χ1v) is 11.2. The van der Waals surface area contributed by atoms with Crippen molar-refractivity contribution in [3.05, 3.63) is 101 Å². The molecule has 0 fully saturated rings. The van der Waals surface area contributed by atoms with Gasteiger partial charge < -0.3 is 10.4 Å². The molecule has 1 aliphatic rings. The van der Waals surface area contributed by atoms with Crippen molar-refractivity contribution in [3.63, 3.8) is 0 Å². The standard InChI is InChI=1S/C29H35NO2/c1-20(2)27(32)30-19-21-17-24(28(3,4)22-13-9-7-10-14-22)26(31)25(18-21)29(5,6)23-15-11-8-12-16-23/h7-15,17-18,23,31H,1,16,19H2,2-6H3,(H,30,32). The van der Waals surface area contributed by atoms with E-state index in [0.717, 1.165) is 28.7 Å². The lowest BCUT2D eigenvalue weighted by molar-refractivity contribution is -0.117. The van der Waals surface area contributed by atoms with Crippen molar-refractivity contribution >= 4 is 5.91 Å². The molecule has 2 aromatic rings.